The van der Waals surface area contributed by atoms with Crippen LogP contribution >= 0.6 is 40.7 Å². The van der Waals surface area contributed by atoms with Crippen molar-refractivity contribution in [1.29, 1.82) is 0 Å². The Balaban J connectivity index is 0.00000242. The van der Waals surface area contributed by atoms with Crippen LogP contribution in [0.15, 0.2) is 29.3 Å². The van der Waals surface area contributed by atoms with Gasteiger partial charge in [-0.1, -0.05) is 6.08 Å². The van der Waals surface area contributed by atoms with Crippen LogP contribution < -0.4 is 5.32 Å². The molecule has 1 aromatic rings. The molecule has 1 saturated heterocycles. The lowest BCUT2D eigenvalue weighted by Gasteiger charge is -2.35. The second kappa shape index (κ2) is 10.1. The number of halogens is 3. The third kappa shape index (κ3) is 5.32. The van der Waals surface area contributed by atoms with Gasteiger partial charge in [-0.2, -0.15) is 0 Å². The Hall–Kier alpha value is -0.860. The van der Waals surface area contributed by atoms with E-state index in [1.807, 2.05) is 0 Å². The van der Waals surface area contributed by atoms with Crippen LogP contribution in [0.5, 0.6) is 5.75 Å². The van der Waals surface area contributed by atoms with Gasteiger partial charge in [0.1, 0.15) is 5.75 Å². The van der Waals surface area contributed by atoms with Crippen LogP contribution in [0.3, 0.4) is 0 Å². The van der Waals surface area contributed by atoms with Gasteiger partial charge in [0.2, 0.25) is 0 Å². The zero-order valence-electron chi connectivity index (χ0n) is 12.4. The van der Waals surface area contributed by atoms with Gasteiger partial charge in [-0.3, -0.25) is 15.0 Å². The molecule has 1 atom stereocenters. The molecule has 1 fully saturated rings. The fourth-order valence-electron chi connectivity index (χ4n) is 2.59. The lowest BCUT2D eigenvalue weighted by atomic mass is 9.99. The summed E-state index contributed by atoms with van der Waals surface area (Å²) in [7, 11) is 0. The predicted octanol–water partition coefficient (Wildman–Crippen LogP) is 3.43. The quantitative estimate of drug-likeness (QED) is 0.426. The molecule has 0 bridgehead atoms. The molecule has 0 unspecified atom stereocenters. The van der Waals surface area contributed by atoms with Crippen molar-refractivity contribution in [2.45, 2.75) is 12.5 Å². The zero-order chi connectivity index (χ0) is 15.4. The summed E-state index contributed by atoms with van der Waals surface area (Å²) in [5.74, 6) is 0.0611. The van der Waals surface area contributed by atoms with Gasteiger partial charge in [0.25, 0.3) is 5.69 Å². The molecular formula is C14H20BrCl2N3O3. The zero-order valence-corrected chi connectivity index (χ0v) is 15.6. The van der Waals surface area contributed by atoms with Crippen LogP contribution in [0.1, 0.15) is 18.0 Å². The Labute approximate surface area is 156 Å². The number of nitrogens with one attached hydrogen (secondary N) is 1. The fourth-order valence-corrected chi connectivity index (χ4v) is 3.05. The summed E-state index contributed by atoms with van der Waals surface area (Å²) in [5.41, 5.74) is 0.539. The smallest absolute Gasteiger partial charge is 0.271 e. The number of non-ortho nitro benzene ring substituents is 1. The molecule has 1 aromatic carbocycles. The number of nitro benzene ring substituents is 1. The highest BCUT2D eigenvalue weighted by Gasteiger charge is 2.26. The van der Waals surface area contributed by atoms with E-state index in [0.717, 1.165) is 26.2 Å². The maximum atomic E-state index is 11.0. The molecule has 6 nitrogen and oxygen atoms in total. The van der Waals surface area contributed by atoms with E-state index in [0.29, 0.717) is 16.5 Å². The SMILES string of the molecule is C=CC[C@H](c1cc([N+](=O)[O-])cc(Br)c1O)N1CCNCC1.Cl.Cl. The molecule has 0 amide bonds. The van der Waals surface area contributed by atoms with Gasteiger partial charge < -0.3 is 10.4 Å². The minimum Gasteiger partial charge on any atom is -0.506 e. The first-order valence-electron chi connectivity index (χ1n) is 6.77. The second-order valence-corrected chi connectivity index (χ2v) is 5.80. The highest BCUT2D eigenvalue weighted by molar-refractivity contribution is 9.10. The van der Waals surface area contributed by atoms with Crippen molar-refractivity contribution in [2.75, 3.05) is 26.2 Å². The normalized spacial score (nSPS) is 15.9. The van der Waals surface area contributed by atoms with Gasteiger partial charge in [-0.15, -0.1) is 31.4 Å². The fraction of sp³-hybridized carbons (Fsp3) is 0.429. The molecule has 0 aliphatic carbocycles. The van der Waals surface area contributed by atoms with E-state index < -0.39 is 4.92 Å². The molecule has 0 aromatic heterocycles. The van der Waals surface area contributed by atoms with Gasteiger partial charge in [0.15, 0.2) is 0 Å². The highest BCUT2D eigenvalue weighted by atomic mass is 79.9. The molecule has 2 N–H and O–H groups in total. The van der Waals surface area contributed by atoms with Crippen molar-refractivity contribution in [3.8, 4) is 5.75 Å². The summed E-state index contributed by atoms with van der Waals surface area (Å²) < 4.78 is 0.343. The molecule has 1 aliphatic heterocycles. The summed E-state index contributed by atoms with van der Waals surface area (Å²) in [6.07, 6.45) is 2.40. The largest absolute Gasteiger partial charge is 0.506 e. The first kappa shape index (κ1) is 22.1. The van der Waals surface area contributed by atoms with E-state index in [1.165, 1.54) is 12.1 Å². The van der Waals surface area contributed by atoms with Crippen molar-refractivity contribution >= 4 is 46.4 Å². The third-order valence-corrected chi connectivity index (χ3v) is 4.23. The lowest BCUT2D eigenvalue weighted by Crippen LogP contribution is -2.45. The number of nitro groups is 1. The maximum Gasteiger partial charge on any atom is 0.271 e. The van der Waals surface area contributed by atoms with E-state index in [4.69, 9.17) is 0 Å². The summed E-state index contributed by atoms with van der Waals surface area (Å²) in [6.45, 7) is 7.16. The number of hydrogen-bond acceptors (Lipinski definition) is 5. The van der Waals surface area contributed by atoms with Crippen molar-refractivity contribution in [3.63, 3.8) is 0 Å². The van der Waals surface area contributed by atoms with Gasteiger partial charge in [0, 0.05) is 49.9 Å². The first-order chi connectivity index (χ1) is 10.0. The molecular weight excluding hydrogens is 409 g/mol. The maximum absolute atomic E-state index is 11.0. The van der Waals surface area contributed by atoms with Crippen molar-refractivity contribution in [3.05, 3.63) is 44.9 Å². The lowest BCUT2D eigenvalue weighted by molar-refractivity contribution is -0.385. The molecule has 130 valence electrons. The second-order valence-electron chi connectivity index (χ2n) is 4.95. The van der Waals surface area contributed by atoms with E-state index in [2.05, 4.69) is 32.7 Å². The number of phenolic OH excluding ortho intramolecular Hbond substituents is 1. The van der Waals surface area contributed by atoms with Gasteiger partial charge in [-0.25, -0.2) is 0 Å². The van der Waals surface area contributed by atoms with Crippen LogP contribution in [-0.2, 0) is 0 Å². The van der Waals surface area contributed by atoms with Crippen molar-refractivity contribution < 1.29 is 10.0 Å². The Morgan fingerprint density at radius 1 is 1.43 bits per heavy atom. The predicted molar refractivity (Wildman–Crippen MR) is 99.0 cm³/mol. The first-order valence-corrected chi connectivity index (χ1v) is 7.56. The molecule has 0 saturated carbocycles. The summed E-state index contributed by atoms with van der Waals surface area (Å²) >= 11 is 3.20. The Kier molecular flexibility index (Phi) is 9.72. The summed E-state index contributed by atoms with van der Waals surface area (Å²) in [5, 5.41) is 24.6. The minimum absolute atomic E-state index is 0. The van der Waals surface area contributed by atoms with E-state index in [9.17, 15) is 15.2 Å². The van der Waals surface area contributed by atoms with Crippen LogP contribution in [0, 0.1) is 10.1 Å². The third-order valence-electron chi connectivity index (χ3n) is 3.63. The molecule has 1 aliphatic rings. The molecule has 23 heavy (non-hydrogen) atoms. The van der Waals surface area contributed by atoms with Crippen LogP contribution in [-0.4, -0.2) is 41.1 Å². The van der Waals surface area contributed by atoms with Crippen molar-refractivity contribution in [1.82, 2.24) is 10.2 Å². The monoisotopic (exact) mass is 427 g/mol. The molecule has 0 radical (unpaired) electrons. The minimum atomic E-state index is -0.448. The number of nitrogens with zero attached hydrogens (tertiary/aromatic N) is 2. The number of phenols is 1. The van der Waals surface area contributed by atoms with Crippen molar-refractivity contribution in [2.24, 2.45) is 0 Å². The molecule has 1 heterocycles. The number of piperazine rings is 1. The van der Waals surface area contributed by atoms with Gasteiger partial charge >= 0.3 is 0 Å². The van der Waals surface area contributed by atoms with Crippen LogP contribution in [0.2, 0.25) is 0 Å². The average Bonchev–Trinajstić information content (AvgIpc) is 2.48. The van der Waals surface area contributed by atoms with E-state index >= 15 is 0 Å². The standard InChI is InChI=1S/C14H18BrN3O3.2ClH/c1-2-3-13(17-6-4-16-5-7-17)11-8-10(18(20)21)9-12(15)14(11)19;;/h2,8-9,13,16,19H,1,3-7H2;2*1H/t13-;;/m1../s1. The van der Waals surface area contributed by atoms with Crippen LogP contribution in [0.4, 0.5) is 5.69 Å². The summed E-state index contributed by atoms with van der Waals surface area (Å²) in [6, 6.07) is 2.67. The number of benzene rings is 1. The number of hydrogen-bond donors (Lipinski definition) is 2. The van der Waals surface area contributed by atoms with E-state index in [1.54, 1.807) is 6.08 Å². The van der Waals surface area contributed by atoms with Gasteiger partial charge in [0.05, 0.1) is 9.40 Å². The topological polar surface area (TPSA) is 78.6 Å². The highest BCUT2D eigenvalue weighted by Crippen LogP contribution is 2.39. The van der Waals surface area contributed by atoms with Gasteiger partial charge in [-0.05, 0) is 22.4 Å². The number of rotatable bonds is 5. The molecule has 2 rings (SSSR count). The van der Waals surface area contributed by atoms with E-state index in [-0.39, 0.29) is 42.3 Å². The Morgan fingerprint density at radius 3 is 2.57 bits per heavy atom. The number of aromatic hydroxyl groups is 1. The summed E-state index contributed by atoms with van der Waals surface area (Å²) in [4.78, 5) is 12.8. The Morgan fingerprint density at radius 2 is 2.04 bits per heavy atom. The molecule has 9 heteroatoms. The molecule has 0 spiro atoms. The average molecular weight is 429 g/mol. The van der Waals surface area contributed by atoms with Crippen LogP contribution in [0.25, 0.3) is 0 Å². The Bertz CT molecular complexity index is 554.